The molecule has 35 heavy (non-hydrogen) atoms. The SMILES string of the molecule is Cc1c(N2C[C@H]([C@H](N)COc3ccccc3)C(C)(C)C2)c(F)cc2c(=O)n(N)c(=O)n(C3CC3)c12. The second-order valence-electron chi connectivity index (χ2n) is 10.6. The minimum Gasteiger partial charge on any atom is -0.492 e. The third-order valence-electron chi connectivity index (χ3n) is 7.52. The van der Waals surface area contributed by atoms with E-state index in [2.05, 4.69) is 13.8 Å². The van der Waals surface area contributed by atoms with Gasteiger partial charge >= 0.3 is 5.69 Å². The Labute approximate surface area is 202 Å². The van der Waals surface area contributed by atoms with Crippen molar-refractivity contribution in [3.63, 3.8) is 0 Å². The first-order valence-electron chi connectivity index (χ1n) is 12.0. The van der Waals surface area contributed by atoms with E-state index < -0.39 is 17.1 Å². The second-order valence-corrected chi connectivity index (χ2v) is 10.6. The van der Waals surface area contributed by atoms with E-state index in [0.717, 1.165) is 18.6 Å². The molecule has 1 saturated carbocycles. The summed E-state index contributed by atoms with van der Waals surface area (Å²) in [6.07, 6.45) is 1.66. The highest BCUT2D eigenvalue weighted by Crippen LogP contribution is 2.43. The van der Waals surface area contributed by atoms with Crippen LogP contribution < -0.4 is 32.5 Å². The molecule has 4 N–H and O–H groups in total. The molecular weight excluding hydrogens is 449 g/mol. The highest BCUT2D eigenvalue weighted by atomic mass is 19.1. The summed E-state index contributed by atoms with van der Waals surface area (Å²) >= 11 is 0. The Balaban J connectivity index is 1.51. The molecule has 0 spiro atoms. The van der Waals surface area contributed by atoms with Gasteiger partial charge in [0.2, 0.25) is 0 Å². The topological polar surface area (TPSA) is 109 Å². The molecule has 186 valence electrons. The van der Waals surface area contributed by atoms with Crippen LogP contribution in [0.2, 0.25) is 0 Å². The van der Waals surface area contributed by atoms with Gasteiger partial charge in [0.05, 0.1) is 16.6 Å². The van der Waals surface area contributed by atoms with Crippen LogP contribution in [-0.2, 0) is 0 Å². The smallest absolute Gasteiger partial charge is 0.350 e. The van der Waals surface area contributed by atoms with Crippen LogP contribution in [0.5, 0.6) is 5.75 Å². The molecule has 2 aromatic carbocycles. The Bertz CT molecular complexity index is 1390. The van der Waals surface area contributed by atoms with Crippen LogP contribution in [0.25, 0.3) is 10.9 Å². The lowest BCUT2D eigenvalue weighted by molar-refractivity contribution is 0.185. The summed E-state index contributed by atoms with van der Waals surface area (Å²) in [6.45, 7) is 7.50. The van der Waals surface area contributed by atoms with Crippen molar-refractivity contribution >= 4 is 16.6 Å². The van der Waals surface area contributed by atoms with Crippen LogP contribution in [0.4, 0.5) is 10.1 Å². The minimum atomic E-state index is -0.685. The summed E-state index contributed by atoms with van der Waals surface area (Å²) in [4.78, 5) is 27.6. The summed E-state index contributed by atoms with van der Waals surface area (Å²) in [5.74, 6) is 6.05. The Hall–Kier alpha value is -3.33. The van der Waals surface area contributed by atoms with Gasteiger partial charge in [-0.05, 0) is 43.4 Å². The molecule has 0 radical (unpaired) electrons. The van der Waals surface area contributed by atoms with Gasteiger partial charge in [0.25, 0.3) is 5.56 Å². The number of aryl methyl sites for hydroxylation is 1. The number of ether oxygens (including phenoxy) is 1. The molecule has 0 bridgehead atoms. The van der Waals surface area contributed by atoms with Crippen molar-refractivity contribution in [2.24, 2.45) is 17.1 Å². The molecule has 1 aromatic heterocycles. The Kier molecular flexibility index (Phi) is 5.62. The van der Waals surface area contributed by atoms with Gasteiger partial charge in [-0.3, -0.25) is 9.36 Å². The first kappa shape index (κ1) is 23.4. The van der Waals surface area contributed by atoms with Crippen LogP contribution in [0.1, 0.15) is 38.3 Å². The third-order valence-corrected chi connectivity index (χ3v) is 7.52. The van der Waals surface area contributed by atoms with Crippen LogP contribution in [0.3, 0.4) is 0 Å². The standard InChI is InChI=1S/C26H32FN5O3/c1-15-22-18(24(33)32(29)25(34)31(22)16-9-10-16)11-20(27)23(15)30-12-19(26(2,3)14-30)21(28)13-35-17-7-5-4-6-8-17/h4-8,11,16,19,21H,9-10,12-14,28-29H2,1-3H3/t19-,21-/m1/s1. The summed E-state index contributed by atoms with van der Waals surface area (Å²) in [7, 11) is 0. The van der Waals surface area contributed by atoms with E-state index in [1.54, 1.807) is 11.5 Å². The summed E-state index contributed by atoms with van der Waals surface area (Å²) in [6, 6.07) is 10.5. The molecule has 2 aliphatic rings. The Morgan fingerprint density at radius 3 is 2.54 bits per heavy atom. The molecule has 8 nitrogen and oxygen atoms in total. The van der Waals surface area contributed by atoms with Gasteiger partial charge in [0.1, 0.15) is 18.2 Å². The summed E-state index contributed by atoms with van der Waals surface area (Å²) in [5.41, 5.74) is 6.59. The fraction of sp³-hybridized carbons (Fsp3) is 0.462. The zero-order valence-corrected chi connectivity index (χ0v) is 20.3. The largest absolute Gasteiger partial charge is 0.492 e. The number of nitrogens with two attached hydrogens (primary N) is 2. The first-order chi connectivity index (χ1) is 16.6. The molecule has 2 heterocycles. The number of anilines is 1. The van der Waals surface area contributed by atoms with Crippen molar-refractivity contribution in [3.8, 4) is 5.75 Å². The normalized spacial score (nSPS) is 20.4. The predicted molar refractivity (Wildman–Crippen MR) is 135 cm³/mol. The molecule has 0 unspecified atom stereocenters. The van der Waals surface area contributed by atoms with E-state index in [1.807, 2.05) is 35.2 Å². The van der Waals surface area contributed by atoms with Crippen LogP contribution in [0, 0.1) is 24.1 Å². The average Bonchev–Trinajstić information content (AvgIpc) is 3.60. The second kappa shape index (κ2) is 8.41. The van der Waals surface area contributed by atoms with Crippen molar-refractivity contribution in [3.05, 3.63) is 68.6 Å². The Morgan fingerprint density at radius 1 is 1.20 bits per heavy atom. The lowest BCUT2D eigenvalue weighted by Gasteiger charge is -2.30. The number of nitrogen functional groups attached to an aromatic ring is 1. The molecular formula is C26H32FN5O3. The summed E-state index contributed by atoms with van der Waals surface area (Å²) in [5, 5.41) is 0.126. The molecule has 9 heteroatoms. The molecule has 5 rings (SSSR count). The van der Waals surface area contributed by atoms with Crippen molar-refractivity contribution in [2.75, 3.05) is 30.4 Å². The molecule has 1 aliphatic heterocycles. The quantitative estimate of drug-likeness (QED) is 0.524. The maximum absolute atomic E-state index is 15.6. The molecule has 1 saturated heterocycles. The zero-order valence-electron chi connectivity index (χ0n) is 20.3. The van der Waals surface area contributed by atoms with Gasteiger partial charge in [0.15, 0.2) is 0 Å². The van der Waals surface area contributed by atoms with Crippen molar-refractivity contribution < 1.29 is 9.13 Å². The monoisotopic (exact) mass is 481 g/mol. The number of nitrogens with zero attached hydrogens (tertiary/aromatic N) is 3. The number of para-hydroxylation sites is 1. The fourth-order valence-electron chi connectivity index (χ4n) is 5.59. The maximum atomic E-state index is 15.6. The average molecular weight is 482 g/mol. The van der Waals surface area contributed by atoms with Crippen molar-refractivity contribution in [1.29, 1.82) is 0 Å². The van der Waals surface area contributed by atoms with Gasteiger partial charge in [-0.25, -0.2) is 9.18 Å². The molecule has 2 atom stereocenters. The zero-order chi connectivity index (χ0) is 25.1. The first-order valence-corrected chi connectivity index (χ1v) is 12.0. The Morgan fingerprint density at radius 2 is 1.89 bits per heavy atom. The molecule has 2 fully saturated rings. The highest BCUT2D eigenvalue weighted by molar-refractivity contribution is 5.87. The lowest BCUT2D eigenvalue weighted by Crippen LogP contribution is -2.44. The van der Waals surface area contributed by atoms with Crippen LogP contribution in [-0.4, -0.2) is 35.0 Å². The highest BCUT2D eigenvalue weighted by Gasteiger charge is 2.44. The van der Waals surface area contributed by atoms with E-state index >= 15 is 4.39 Å². The number of benzene rings is 2. The van der Waals surface area contributed by atoms with Crippen LogP contribution >= 0.6 is 0 Å². The van der Waals surface area contributed by atoms with E-state index in [9.17, 15) is 9.59 Å². The predicted octanol–water partition coefficient (Wildman–Crippen LogP) is 2.53. The van der Waals surface area contributed by atoms with Crippen LogP contribution in [0.15, 0.2) is 46.0 Å². The number of hydrogen-bond donors (Lipinski definition) is 2. The molecule has 1 aliphatic carbocycles. The van der Waals surface area contributed by atoms with Gasteiger partial charge in [-0.2, -0.15) is 4.68 Å². The van der Waals surface area contributed by atoms with E-state index in [-0.39, 0.29) is 28.8 Å². The fourth-order valence-corrected chi connectivity index (χ4v) is 5.59. The van der Waals surface area contributed by atoms with Crippen molar-refractivity contribution in [1.82, 2.24) is 9.24 Å². The van der Waals surface area contributed by atoms with E-state index in [1.165, 1.54) is 6.07 Å². The van der Waals surface area contributed by atoms with Gasteiger partial charge in [-0.15, -0.1) is 0 Å². The lowest BCUT2D eigenvalue weighted by atomic mass is 9.78. The van der Waals surface area contributed by atoms with Gasteiger partial charge in [0, 0.05) is 36.7 Å². The summed E-state index contributed by atoms with van der Waals surface area (Å²) < 4.78 is 23.6. The third kappa shape index (κ3) is 3.97. The number of rotatable bonds is 6. The maximum Gasteiger partial charge on any atom is 0.350 e. The van der Waals surface area contributed by atoms with Gasteiger partial charge in [-0.1, -0.05) is 32.0 Å². The van der Waals surface area contributed by atoms with E-state index in [4.69, 9.17) is 16.3 Å². The molecule has 3 aromatic rings. The van der Waals surface area contributed by atoms with Crippen molar-refractivity contribution in [2.45, 2.75) is 45.7 Å². The minimum absolute atomic E-state index is 0.0243. The number of halogens is 1. The number of hydrogen-bond acceptors (Lipinski definition) is 6. The number of aromatic nitrogens is 2. The van der Waals surface area contributed by atoms with E-state index in [0.29, 0.717) is 41.1 Å². The molecule has 0 amide bonds. The number of fused-ring (bicyclic) bond motifs is 1. The van der Waals surface area contributed by atoms with Gasteiger partial charge < -0.3 is 21.2 Å².